The Morgan fingerprint density at radius 3 is 2.84 bits per heavy atom. The van der Waals surface area contributed by atoms with E-state index in [1.807, 2.05) is 12.1 Å². The lowest BCUT2D eigenvalue weighted by molar-refractivity contribution is 0.0620. The van der Waals surface area contributed by atoms with E-state index >= 15 is 0 Å². The van der Waals surface area contributed by atoms with Gasteiger partial charge in [-0.1, -0.05) is 6.07 Å². The first-order chi connectivity index (χ1) is 9.02. The molecule has 0 saturated carbocycles. The van der Waals surface area contributed by atoms with Crippen LogP contribution in [0.1, 0.15) is 18.5 Å². The molecular formula is C14H21BrFN3. The molecule has 0 radical (unpaired) electrons. The second-order valence-electron chi connectivity index (χ2n) is 5.24. The predicted octanol–water partition coefficient (Wildman–Crippen LogP) is 2.22. The minimum absolute atomic E-state index is 0.218. The molecule has 0 spiro atoms. The van der Waals surface area contributed by atoms with Gasteiger partial charge in [0, 0.05) is 38.3 Å². The summed E-state index contributed by atoms with van der Waals surface area (Å²) in [5.41, 5.74) is 7.01. The van der Waals surface area contributed by atoms with Gasteiger partial charge in [-0.2, -0.15) is 0 Å². The molecular weight excluding hydrogens is 309 g/mol. The van der Waals surface area contributed by atoms with Crippen LogP contribution in [0, 0.1) is 5.82 Å². The average Bonchev–Trinajstić information content (AvgIpc) is 2.41. The Kier molecular flexibility index (Phi) is 4.95. The lowest BCUT2D eigenvalue weighted by atomic mass is 10.0. The summed E-state index contributed by atoms with van der Waals surface area (Å²) in [6.07, 6.45) is 0. The number of hydrogen-bond donors (Lipinski definition) is 1. The molecule has 106 valence electrons. The fourth-order valence-corrected chi connectivity index (χ4v) is 3.10. The topological polar surface area (TPSA) is 32.5 Å². The van der Waals surface area contributed by atoms with Crippen LogP contribution in [0.4, 0.5) is 4.39 Å². The number of nitrogens with zero attached hydrogens (tertiary/aromatic N) is 2. The zero-order valence-corrected chi connectivity index (χ0v) is 13.0. The monoisotopic (exact) mass is 329 g/mol. The van der Waals surface area contributed by atoms with Crippen LogP contribution in [0.25, 0.3) is 0 Å². The molecule has 1 aliphatic rings. The molecule has 1 heterocycles. The van der Waals surface area contributed by atoms with Crippen molar-refractivity contribution in [3.8, 4) is 0 Å². The standard InChI is InChI=1S/C14H21BrFN3/c1-10(11-3-4-14(16)13(15)7-11)19-6-5-18(2)9-12(19)8-17/h3-4,7,10,12H,5-6,8-9,17H2,1-2H3. The van der Waals surface area contributed by atoms with Gasteiger partial charge in [-0.3, -0.25) is 4.90 Å². The first-order valence-corrected chi connectivity index (χ1v) is 7.41. The van der Waals surface area contributed by atoms with Gasteiger partial charge in [-0.15, -0.1) is 0 Å². The number of nitrogens with two attached hydrogens (primary N) is 1. The maximum Gasteiger partial charge on any atom is 0.137 e. The first-order valence-electron chi connectivity index (χ1n) is 6.62. The largest absolute Gasteiger partial charge is 0.329 e. The van der Waals surface area contributed by atoms with Crippen molar-refractivity contribution in [2.45, 2.75) is 19.0 Å². The Hall–Kier alpha value is -0.490. The quantitative estimate of drug-likeness (QED) is 0.922. The summed E-state index contributed by atoms with van der Waals surface area (Å²) < 4.78 is 13.8. The zero-order valence-electron chi connectivity index (χ0n) is 11.4. The number of piperazine rings is 1. The van der Waals surface area contributed by atoms with Crippen LogP contribution in [0.5, 0.6) is 0 Å². The van der Waals surface area contributed by atoms with E-state index in [4.69, 9.17) is 5.73 Å². The van der Waals surface area contributed by atoms with Crippen LogP contribution in [0.15, 0.2) is 22.7 Å². The van der Waals surface area contributed by atoms with Crippen LogP contribution >= 0.6 is 15.9 Å². The molecule has 1 aliphatic heterocycles. The molecule has 0 bridgehead atoms. The Balaban J connectivity index is 2.17. The van der Waals surface area contributed by atoms with Crippen molar-refractivity contribution >= 4 is 15.9 Å². The van der Waals surface area contributed by atoms with Crippen molar-refractivity contribution < 1.29 is 4.39 Å². The summed E-state index contributed by atoms with van der Waals surface area (Å²) in [7, 11) is 2.12. The molecule has 0 aromatic heterocycles. The highest BCUT2D eigenvalue weighted by atomic mass is 79.9. The average molecular weight is 330 g/mol. The van der Waals surface area contributed by atoms with E-state index in [0.29, 0.717) is 17.1 Å². The van der Waals surface area contributed by atoms with E-state index in [1.54, 1.807) is 0 Å². The highest BCUT2D eigenvalue weighted by Gasteiger charge is 2.28. The molecule has 1 aromatic rings. The Bertz CT molecular complexity index is 441. The van der Waals surface area contributed by atoms with Gasteiger partial charge in [0.1, 0.15) is 5.82 Å². The minimum atomic E-state index is -0.218. The van der Waals surface area contributed by atoms with Crippen molar-refractivity contribution in [1.82, 2.24) is 9.80 Å². The Morgan fingerprint density at radius 2 is 2.21 bits per heavy atom. The molecule has 2 unspecified atom stereocenters. The van der Waals surface area contributed by atoms with Gasteiger partial charge in [0.2, 0.25) is 0 Å². The minimum Gasteiger partial charge on any atom is -0.329 e. The maximum atomic E-state index is 13.3. The number of benzene rings is 1. The van der Waals surface area contributed by atoms with Crippen molar-refractivity contribution in [1.29, 1.82) is 0 Å². The van der Waals surface area contributed by atoms with Gasteiger partial charge in [-0.25, -0.2) is 4.39 Å². The van der Waals surface area contributed by atoms with E-state index < -0.39 is 0 Å². The molecule has 19 heavy (non-hydrogen) atoms. The smallest absolute Gasteiger partial charge is 0.137 e. The van der Waals surface area contributed by atoms with Crippen molar-refractivity contribution in [2.75, 3.05) is 33.2 Å². The molecule has 5 heteroatoms. The summed E-state index contributed by atoms with van der Waals surface area (Å²) in [6.45, 7) is 5.84. The first kappa shape index (κ1) is 14.9. The summed E-state index contributed by atoms with van der Waals surface area (Å²) in [4.78, 5) is 4.72. The summed E-state index contributed by atoms with van der Waals surface area (Å²) in [5.74, 6) is -0.218. The third-order valence-electron chi connectivity index (χ3n) is 3.93. The predicted molar refractivity (Wildman–Crippen MR) is 79.6 cm³/mol. The maximum absolute atomic E-state index is 13.3. The van der Waals surface area contributed by atoms with Gasteiger partial charge < -0.3 is 10.6 Å². The zero-order chi connectivity index (χ0) is 14.0. The third-order valence-corrected chi connectivity index (χ3v) is 4.53. The molecule has 1 fully saturated rings. The molecule has 1 saturated heterocycles. The fraction of sp³-hybridized carbons (Fsp3) is 0.571. The van der Waals surface area contributed by atoms with Gasteiger partial charge in [0.05, 0.1) is 4.47 Å². The van der Waals surface area contributed by atoms with E-state index in [2.05, 4.69) is 39.7 Å². The van der Waals surface area contributed by atoms with Crippen molar-refractivity contribution in [3.63, 3.8) is 0 Å². The van der Waals surface area contributed by atoms with E-state index in [0.717, 1.165) is 25.2 Å². The second-order valence-corrected chi connectivity index (χ2v) is 6.09. The fourth-order valence-electron chi connectivity index (χ4n) is 2.71. The highest BCUT2D eigenvalue weighted by Crippen LogP contribution is 2.27. The summed E-state index contributed by atoms with van der Waals surface area (Å²) >= 11 is 3.25. The molecule has 2 N–H and O–H groups in total. The lowest BCUT2D eigenvalue weighted by Gasteiger charge is -2.43. The van der Waals surface area contributed by atoms with Crippen LogP contribution in [0.2, 0.25) is 0 Å². The lowest BCUT2D eigenvalue weighted by Crippen LogP contribution is -2.55. The number of likely N-dealkylation sites (N-methyl/N-ethyl adjacent to an activating group) is 1. The Labute approximate surface area is 122 Å². The number of hydrogen-bond acceptors (Lipinski definition) is 3. The SMILES string of the molecule is CC(c1ccc(F)c(Br)c1)N1CCN(C)CC1CN. The number of halogens is 2. The molecule has 2 atom stereocenters. The van der Waals surface area contributed by atoms with Gasteiger partial charge in [0.25, 0.3) is 0 Å². The van der Waals surface area contributed by atoms with Crippen molar-refractivity contribution in [3.05, 3.63) is 34.1 Å². The van der Waals surface area contributed by atoms with Crippen LogP contribution < -0.4 is 5.73 Å². The summed E-state index contributed by atoms with van der Waals surface area (Å²) in [6, 6.07) is 5.85. The molecule has 0 amide bonds. The van der Waals surface area contributed by atoms with E-state index in [9.17, 15) is 4.39 Å². The molecule has 2 rings (SSSR count). The molecule has 0 aliphatic carbocycles. The second kappa shape index (κ2) is 6.31. The van der Waals surface area contributed by atoms with Crippen LogP contribution in [-0.2, 0) is 0 Å². The van der Waals surface area contributed by atoms with Crippen molar-refractivity contribution in [2.24, 2.45) is 5.73 Å². The van der Waals surface area contributed by atoms with Gasteiger partial charge in [0.15, 0.2) is 0 Å². The number of rotatable bonds is 3. The van der Waals surface area contributed by atoms with Crippen LogP contribution in [-0.4, -0.2) is 49.1 Å². The van der Waals surface area contributed by atoms with E-state index in [-0.39, 0.29) is 11.9 Å². The third kappa shape index (κ3) is 3.34. The van der Waals surface area contributed by atoms with Gasteiger partial charge >= 0.3 is 0 Å². The Morgan fingerprint density at radius 1 is 1.47 bits per heavy atom. The molecule has 1 aromatic carbocycles. The van der Waals surface area contributed by atoms with Gasteiger partial charge in [-0.05, 0) is 47.6 Å². The highest BCUT2D eigenvalue weighted by molar-refractivity contribution is 9.10. The van der Waals surface area contributed by atoms with Crippen LogP contribution in [0.3, 0.4) is 0 Å². The molecule has 3 nitrogen and oxygen atoms in total. The normalized spacial score (nSPS) is 23.5. The van der Waals surface area contributed by atoms with E-state index in [1.165, 1.54) is 6.07 Å². The summed E-state index contributed by atoms with van der Waals surface area (Å²) in [5, 5.41) is 0.